The Bertz CT molecular complexity index is 392. The summed E-state index contributed by atoms with van der Waals surface area (Å²) in [6.07, 6.45) is 0. The molecule has 17 heavy (non-hydrogen) atoms. The van der Waals surface area contributed by atoms with Crippen LogP contribution in [0, 0.1) is 6.92 Å². The standard InChI is InChI=1S/C12H17NO4/c1-8-6-9(17-3)4-5-10(8)13-11(7-16-2)12(14)15/h4-6,11,13H,7H2,1-3H3,(H,14,15). The van der Waals surface area contributed by atoms with Crippen LogP contribution in [0.3, 0.4) is 0 Å². The molecule has 94 valence electrons. The summed E-state index contributed by atoms with van der Waals surface area (Å²) < 4.78 is 9.94. The Balaban J connectivity index is 2.82. The van der Waals surface area contributed by atoms with Crippen molar-refractivity contribution in [1.82, 2.24) is 0 Å². The van der Waals surface area contributed by atoms with Gasteiger partial charge in [0.15, 0.2) is 0 Å². The lowest BCUT2D eigenvalue weighted by Crippen LogP contribution is -2.33. The number of carboxylic acids is 1. The van der Waals surface area contributed by atoms with E-state index in [0.717, 1.165) is 17.0 Å². The number of anilines is 1. The molecule has 0 fully saturated rings. The van der Waals surface area contributed by atoms with Crippen LogP contribution in [0.4, 0.5) is 5.69 Å². The molecular weight excluding hydrogens is 222 g/mol. The zero-order valence-electron chi connectivity index (χ0n) is 10.2. The SMILES string of the molecule is COCC(Nc1ccc(OC)cc1C)C(=O)O. The summed E-state index contributed by atoms with van der Waals surface area (Å²) >= 11 is 0. The van der Waals surface area contributed by atoms with Gasteiger partial charge in [0.25, 0.3) is 0 Å². The number of aliphatic carboxylic acids is 1. The molecule has 0 aliphatic heterocycles. The van der Waals surface area contributed by atoms with Crippen LogP contribution in [-0.2, 0) is 9.53 Å². The minimum absolute atomic E-state index is 0.112. The van der Waals surface area contributed by atoms with E-state index >= 15 is 0 Å². The summed E-state index contributed by atoms with van der Waals surface area (Å²) in [6, 6.07) is 4.65. The monoisotopic (exact) mass is 239 g/mol. The van der Waals surface area contributed by atoms with Crippen molar-refractivity contribution in [1.29, 1.82) is 0 Å². The Hall–Kier alpha value is -1.75. The van der Waals surface area contributed by atoms with Crippen molar-refractivity contribution < 1.29 is 19.4 Å². The summed E-state index contributed by atoms with van der Waals surface area (Å²) in [5.74, 6) is -0.200. The second kappa shape index (κ2) is 6.10. The first-order valence-electron chi connectivity index (χ1n) is 5.21. The summed E-state index contributed by atoms with van der Waals surface area (Å²) in [5, 5.41) is 11.9. The highest BCUT2D eigenvalue weighted by Gasteiger charge is 2.17. The molecule has 0 saturated carbocycles. The lowest BCUT2D eigenvalue weighted by Gasteiger charge is -2.17. The van der Waals surface area contributed by atoms with E-state index in [-0.39, 0.29) is 6.61 Å². The van der Waals surface area contributed by atoms with Gasteiger partial charge in [-0.1, -0.05) is 0 Å². The summed E-state index contributed by atoms with van der Waals surface area (Å²) in [4.78, 5) is 11.0. The molecule has 0 aliphatic carbocycles. The maximum Gasteiger partial charge on any atom is 0.328 e. The average Bonchev–Trinajstić information content (AvgIpc) is 2.30. The molecule has 0 spiro atoms. The number of carbonyl (C=O) groups is 1. The second-order valence-corrected chi connectivity index (χ2v) is 3.67. The van der Waals surface area contributed by atoms with Crippen LogP contribution < -0.4 is 10.1 Å². The van der Waals surface area contributed by atoms with Crippen LogP contribution in [0.1, 0.15) is 5.56 Å². The van der Waals surface area contributed by atoms with Gasteiger partial charge < -0.3 is 19.9 Å². The van der Waals surface area contributed by atoms with Crippen LogP contribution in [0.2, 0.25) is 0 Å². The number of hydrogen-bond donors (Lipinski definition) is 2. The molecule has 1 aromatic carbocycles. The fourth-order valence-electron chi connectivity index (χ4n) is 1.45. The molecule has 1 rings (SSSR count). The van der Waals surface area contributed by atoms with Crippen molar-refractivity contribution in [3.8, 4) is 5.75 Å². The molecule has 5 heteroatoms. The van der Waals surface area contributed by atoms with Crippen molar-refractivity contribution in [3.05, 3.63) is 23.8 Å². The molecule has 0 aliphatic rings. The molecule has 0 aromatic heterocycles. The first-order valence-corrected chi connectivity index (χ1v) is 5.21. The number of hydrogen-bond acceptors (Lipinski definition) is 4. The predicted molar refractivity (Wildman–Crippen MR) is 64.7 cm³/mol. The van der Waals surface area contributed by atoms with Crippen molar-refractivity contribution in [2.75, 3.05) is 26.1 Å². The third-order valence-electron chi connectivity index (χ3n) is 2.39. The average molecular weight is 239 g/mol. The Kier molecular flexibility index (Phi) is 4.78. The number of nitrogens with one attached hydrogen (secondary N) is 1. The Morgan fingerprint density at radius 3 is 2.65 bits per heavy atom. The van der Waals surface area contributed by atoms with Crippen LogP contribution >= 0.6 is 0 Å². The lowest BCUT2D eigenvalue weighted by atomic mass is 10.1. The summed E-state index contributed by atoms with van der Waals surface area (Å²) in [7, 11) is 3.06. The van der Waals surface area contributed by atoms with Crippen molar-refractivity contribution in [2.45, 2.75) is 13.0 Å². The van der Waals surface area contributed by atoms with E-state index in [1.165, 1.54) is 7.11 Å². The van der Waals surface area contributed by atoms with Crippen LogP contribution in [0.25, 0.3) is 0 Å². The molecule has 0 radical (unpaired) electrons. The van der Waals surface area contributed by atoms with Gasteiger partial charge in [0.2, 0.25) is 0 Å². The quantitative estimate of drug-likeness (QED) is 0.787. The van der Waals surface area contributed by atoms with E-state index in [4.69, 9.17) is 14.6 Å². The fourth-order valence-corrected chi connectivity index (χ4v) is 1.45. The van der Waals surface area contributed by atoms with E-state index in [1.807, 2.05) is 13.0 Å². The first kappa shape index (κ1) is 13.3. The van der Waals surface area contributed by atoms with Gasteiger partial charge in [-0.15, -0.1) is 0 Å². The Labute approximate surface area is 100 Å². The van der Waals surface area contributed by atoms with E-state index in [9.17, 15) is 4.79 Å². The zero-order chi connectivity index (χ0) is 12.8. The molecule has 1 atom stereocenters. The van der Waals surface area contributed by atoms with Gasteiger partial charge in [0, 0.05) is 12.8 Å². The molecule has 5 nitrogen and oxygen atoms in total. The molecular formula is C12H17NO4. The van der Waals surface area contributed by atoms with Crippen LogP contribution in [0.15, 0.2) is 18.2 Å². The minimum Gasteiger partial charge on any atom is -0.497 e. The largest absolute Gasteiger partial charge is 0.497 e. The van der Waals surface area contributed by atoms with Gasteiger partial charge in [-0.05, 0) is 30.7 Å². The second-order valence-electron chi connectivity index (χ2n) is 3.67. The van der Waals surface area contributed by atoms with Crippen LogP contribution in [0.5, 0.6) is 5.75 Å². The number of ether oxygens (including phenoxy) is 2. The lowest BCUT2D eigenvalue weighted by molar-refractivity contribution is -0.139. The van der Waals surface area contributed by atoms with Gasteiger partial charge in [-0.3, -0.25) is 0 Å². The summed E-state index contributed by atoms with van der Waals surface area (Å²) in [5.41, 5.74) is 1.68. The van der Waals surface area contributed by atoms with Crippen molar-refractivity contribution in [2.24, 2.45) is 0 Å². The third-order valence-corrected chi connectivity index (χ3v) is 2.39. The minimum atomic E-state index is -0.943. The number of aryl methyl sites for hydroxylation is 1. The van der Waals surface area contributed by atoms with Crippen molar-refractivity contribution >= 4 is 11.7 Å². The Morgan fingerprint density at radius 2 is 2.18 bits per heavy atom. The maximum atomic E-state index is 11.0. The molecule has 0 amide bonds. The zero-order valence-corrected chi connectivity index (χ0v) is 10.2. The van der Waals surface area contributed by atoms with Gasteiger partial charge in [-0.25, -0.2) is 4.79 Å². The Morgan fingerprint density at radius 1 is 1.47 bits per heavy atom. The normalized spacial score (nSPS) is 11.9. The van der Waals surface area contributed by atoms with E-state index < -0.39 is 12.0 Å². The number of carboxylic acid groups (broad SMARTS) is 1. The molecule has 1 aromatic rings. The highest BCUT2D eigenvalue weighted by atomic mass is 16.5. The topological polar surface area (TPSA) is 67.8 Å². The molecule has 0 heterocycles. The van der Waals surface area contributed by atoms with Gasteiger partial charge in [0.1, 0.15) is 11.8 Å². The van der Waals surface area contributed by atoms with Gasteiger partial charge in [-0.2, -0.15) is 0 Å². The highest BCUT2D eigenvalue weighted by Crippen LogP contribution is 2.21. The van der Waals surface area contributed by atoms with Crippen molar-refractivity contribution in [3.63, 3.8) is 0 Å². The first-order chi connectivity index (χ1) is 8.08. The van der Waals surface area contributed by atoms with Crippen LogP contribution in [-0.4, -0.2) is 37.9 Å². The van der Waals surface area contributed by atoms with E-state index in [0.29, 0.717) is 0 Å². The smallest absolute Gasteiger partial charge is 0.328 e. The fraction of sp³-hybridized carbons (Fsp3) is 0.417. The summed E-state index contributed by atoms with van der Waals surface area (Å²) in [6.45, 7) is 2.00. The van der Waals surface area contributed by atoms with E-state index in [2.05, 4.69) is 5.32 Å². The molecule has 2 N–H and O–H groups in total. The number of rotatable bonds is 6. The molecule has 0 bridgehead atoms. The number of methoxy groups -OCH3 is 2. The maximum absolute atomic E-state index is 11.0. The predicted octanol–water partition coefficient (Wildman–Crippen LogP) is 1.52. The third kappa shape index (κ3) is 3.64. The van der Waals surface area contributed by atoms with Gasteiger partial charge in [0.05, 0.1) is 13.7 Å². The molecule has 1 unspecified atom stereocenters. The van der Waals surface area contributed by atoms with Gasteiger partial charge >= 0.3 is 5.97 Å². The number of benzene rings is 1. The highest BCUT2D eigenvalue weighted by molar-refractivity contribution is 5.78. The van der Waals surface area contributed by atoms with E-state index in [1.54, 1.807) is 19.2 Å². The molecule has 0 saturated heterocycles.